The van der Waals surface area contributed by atoms with Crippen molar-refractivity contribution >= 4 is 5.97 Å². The van der Waals surface area contributed by atoms with Crippen LogP contribution in [0.5, 0.6) is 0 Å². The fourth-order valence-electron chi connectivity index (χ4n) is 1.12. The van der Waals surface area contributed by atoms with Crippen molar-refractivity contribution in [3.8, 4) is 0 Å². The summed E-state index contributed by atoms with van der Waals surface area (Å²) in [6.45, 7) is 1.79. The van der Waals surface area contributed by atoms with Crippen LogP contribution in [0, 0.1) is 6.92 Å². The highest BCUT2D eigenvalue weighted by molar-refractivity contribution is 5.75. The van der Waals surface area contributed by atoms with Crippen molar-refractivity contribution in [2.24, 2.45) is 7.05 Å². The molecule has 1 rings (SSSR count). The van der Waals surface area contributed by atoms with Gasteiger partial charge in [-0.15, -0.1) is 0 Å². The van der Waals surface area contributed by atoms with Gasteiger partial charge in [-0.3, -0.25) is 4.68 Å². The van der Waals surface area contributed by atoms with Crippen LogP contribution in [-0.4, -0.2) is 28.0 Å². The molecule has 0 fully saturated rings. The first-order valence-electron chi connectivity index (χ1n) is 3.82. The maximum Gasteiger partial charge on any atom is 0.341 e. The van der Waals surface area contributed by atoms with Crippen molar-refractivity contribution in [3.05, 3.63) is 17.5 Å². The molecule has 0 spiro atoms. The Hall–Kier alpha value is -1.36. The molecule has 0 aromatic carbocycles. The second-order valence-electron chi connectivity index (χ2n) is 2.76. The lowest BCUT2D eigenvalue weighted by Crippen LogP contribution is -2.16. The van der Waals surface area contributed by atoms with Crippen LogP contribution < -0.4 is 0 Å². The first-order chi connectivity index (χ1) is 6.06. The van der Waals surface area contributed by atoms with Gasteiger partial charge in [-0.25, -0.2) is 4.79 Å². The van der Waals surface area contributed by atoms with Gasteiger partial charge in [0.1, 0.15) is 0 Å². The van der Waals surface area contributed by atoms with Crippen LogP contribution in [0.25, 0.3) is 0 Å². The number of aryl methyl sites for hydroxylation is 2. The Bertz CT molecular complexity index is 319. The molecule has 0 aliphatic rings. The third-order valence-corrected chi connectivity index (χ3v) is 1.74. The van der Waals surface area contributed by atoms with Gasteiger partial charge in [0.15, 0.2) is 6.10 Å². The van der Waals surface area contributed by atoms with Crippen molar-refractivity contribution in [3.63, 3.8) is 0 Å². The van der Waals surface area contributed by atoms with Crippen LogP contribution in [0.3, 0.4) is 0 Å². The summed E-state index contributed by atoms with van der Waals surface area (Å²) in [5.41, 5.74) is 1.19. The zero-order valence-electron chi connectivity index (χ0n) is 7.81. The first-order valence-corrected chi connectivity index (χ1v) is 3.82. The van der Waals surface area contributed by atoms with Gasteiger partial charge in [0.2, 0.25) is 0 Å². The number of carbonyl (C=O) groups excluding carboxylic acids is 1. The average Bonchev–Trinajstić information content (AvgIpc) is 2.42. The van der Waals surface area contributed by atoms with Gasteiger partial charge < -0.3 is 9.84 Å². The Labute approximate surface area is 75.9 Å². The summed E-state index contributed by atoms with van der Waals surface area (Å²) in [6, 6.07) is 1.64. The molecule has 0 radical (unpaired) electrons. The minimum absolute atomic E-state index is 0.435. The van der Waals surface area contributed by atoms with Gasteiger partial charge in [-0.2, -0.15) is 5.10 Å². The number of hydrogen-bond donors (Lipinski definition) is 1. The Morgan fingerprint density at radius 2 is 2.38 bits per heavy atom. The molecule has 0 bridgehead atoms. The number of ether oxygens (including phenoxy) is 1. The lowest BCUT2D eigenvalue weighted by atomic mass is 10.2. The molecule has 0 amide bonds. The average molecular weight is 184 g/mol. The van der Waals surface area contributed by atoms with Crippen molar-refractivity contribution in [1.82, 2.24) is 9.78 Å². The number of hydrogen-bond acceptors (Lipinski definition) is 4. The molecule has 0 saturated carbocycles. The zero-order valence-corrected chi connectivity index (χ0v) is 7.81. The van der Waals surface area contributed by atoms with E-state index in [1.54, 1.807) is 20.0 Å². The van der Waals surface area contributed by atoms with E-state index >= 15 is 0 Å². The van der Waals surface area contributed by atoms with E-state index in [9.17, 15) is 9.90 Å². The molecule has 1 unspecified atom stereocenters. The van der Waals surface area contributed by atoms with Gasteiger partial charge in [-0.05, 0) is 13.0 Å². The molecular formula is C8H12N2O3. The molecule has 5 heteroatoms. The fraction of sp³-hybridized carbons (Fsp3) is 0.500. The van der Waals surface area contributed by atoms with Gasteiger partial charge in [-0.1, -0.05) is 0 Å². The third-order valence-electron chi connectivity index (χ3n) is 1.74. The maximum absolute atomic E-state index is 11.0. The SMILES string of the molecule is COC(=O)C(O)c1cc(C)nn1C. The quantitative estimate of drug-likeness (QED) is 0.654. The predicted octanol–water partition coefficient (Wildman–Crippen LogP) is -0.0651. The molecule has 1 N–H and O–H groups in total. The molecular weight excluding hydrogens is 172 g/mol. The summed E-state index contributed by atoms with van der Waals surface area (Å²) >= 11 is 0. The number of aliphatic hydroxyl groups excluding tert-OH is 1. The summed E-state index contributed by atoms with van der Waals surface area (Å²) in [4.78, 5) is 11.0. The highest BCUT2D eigenvalue weighted by Crippen LogP contribution is 2.14. The summed E-state index contributed by atoms with van der Waals surface area (Å²) in [6.07, 6.45) is -1.25. The molecule has 13 heavy (non-hydrogen) atoms. The molecule has 1 atom stereocenters. The number of nitrogens with zero attached hydrogens (tertiary/aromatic N) is 2. The number of carbonyl (C=O) groups is 1. The minimum atomic E-state index is -1.25. The Balaban J connectivity index is 2.94. The summed E-state index contributed by atoms with van der Waals surface area (Å²) < 4.78 is 5.86. The second kappa shape index (κ2) is 3.57. The summed E-state index contributed by atoms with van der Waals surface area (Å²) in [5, 5.41) is 13.4. The molecule has 0 aliphatic carbocycles. The normalized spacial score (nSPS) is 12.6. The third kappa shape index (κ3) is 1.86. The minimum Gasteiger partial charge on any atom is -0.467 e. The van der Waals surface area contributed by atoms with Crippen LogP contribution in [0.4, 0.5) is 0 Å². The highest BCUT2D eigenvalue weighted by Gasteiger charge is 2.21. The number of esters is 1. The van der Waals surface area contributed by atoms with Crippen LogP contribution >= 0.6 is 0 Å². The number of aromatic nitrogens is 2. The maximum atomic E-state index is 11.0. The summed E-state index contributed by atoms with van der Waals surface area (Å²) in [7, 11) is 2.89. The number of aliphatic hydroxyl groups is 1. The van der Waals surface area contributed by atoms with E-state index < -0.39 is 12.1 Å². The predicted molar refractivity (Wildman–Crippen MR) is 44.9 cm³/mol. The summed E-state index contributed by atoms with van der Waals surface area (Å²) in [5.74, 6) is -0.678. The lowest BCUT2D eigenvalue weighted by molar-refractivity contribution is -0.151. The van der Waals surface area contributed by atoms with E-state index in [0.29, 0.717) is 5.69 Å². The van der Waals surface area contributed by atoms with Crippen molar-refractivity contribution in [2.75, 3.05) is 7.11 Å². The zero-order chi connectivity index (χ0) is 10.0. The molecule has 1 heterocycles. The van der Waals surface area contributed by atoms with Crippen LogP contribution in [0.2, 0.25) is 0 Å². The molecule has 1 aromatic rings. The molecule has 5 nitrogen and oxygen atoms in total. The Morgan fingerprint density at radius 3 is 2.77 bits per heavy atom. The Kier molecular flexibility index (Phi) is 2.67. The van der Waals surface area contributed by atoms with E-state index in [1.807, 2.05) is 0 Å². The van der Waals surface area contributed by atoms with E-state index in [0.717, 1.165) is 5.69 Å². The van der Waals surface area contributed by atoms with Crippen molar-refractivity contribution in [1.29, 1.82) is 0 Å². The van der Waals surface area contributed by atoms with Gasteiger partial charge in [0.25, 0.3) is 0 Å². The lowest BCUT2D eigenvalue weighted by Gasteiger charge is -2.07. The van der Waals surface area contributed by atoms with E-state index in [1.165, 1.54) is 11.8 Å². The second-order valence-corrected chi connectivity index (χ2v) is 2.76. The van der Waals surface area contributed by atoms with Gasteiger partial charge in [0.05, 0.1) is 18.5 Å². The van der Waals surface area contributed by atoms with E-state index in [4.69, 9.17) is 0 Å². The molecule has 0 saturated heterocycles. The van der Waals surface area contributed by atoms with Crippen molar-refractivity contribution in [2.45, 2.75) is 13.0 Å². The van der Waals surface area contributed by atoms with Crippen LogP contribution in [0.1, 0.15) is 17.5 Å². The standard InChI is InChI=1S/C8H12N2O3/c1-5-4-6(10(2)9-5)7(11)8(12)13-3/h4,7,11H,1-3H3. The first kappa shape index (κ1) is 9.73. The monoisotopic (exact) mass is 184 g/mol. The van der Waals surface area contributed by atoms with Gasteiger partial charge >= 0.3 is 5.97 Å². The molecule has 0 aliphatic heterocycles. The van der Waals surface area contributed by atoms with Crippen LogP contribution in [0.15, 0.2) is 6.07 Å². The van der Waals surface area contributed by atoms with Crippen LogP contribution in [-0.2, 0) is 16.6 Å². The smallest absolute Gasteiger partial charge is 0.341 e. The highest BCUT2D eigenvalue weighted by atomic mass is 16.5. The van der Waals surface area contributed by atoms with E-state index in [2.05, 4.69) is 9.84 Å². The number of methoxy groups -OCH3 is 1. The van der Waals surface area contributed by atoms with Crippen molar-refractivity contribution < 1.29 is 14.6 Å². The number of rotatable bonds is 2. The molecule has 72 valence electrons. The largest absolute Gasteiger partial charge is 0.467 e. The Morgan fingerprint density at radius 1 is 1.77 bits per heavy atom. The molecule has 1 aromatic heterocycles. The fourth-order valence-corrected chi connectivity index (χ4v) is 1.12. The van der Waals surface area contributed by atoms with E-state index in [-0.39, 0.29) is 0 Å². The van der Waals surface area contributed by atoms with Gasteiger partial charge in [0, 0.05) is 7.05 Å². The topological polar surface area (TPSA) is 64.3 Å².